The number of halogens is 2. The van der Waals surface area contributed by atoms with Gasteiger partial charge in [-0.25, -0.2) is 4.39 Å². The van der Waals surface area contributed by atoms with E-state index >= 15 is 0 Å². The van der Waals surface area contributed by atoms with Gasteiger partial charge < -0.3 is 5.32 Å². The van der Waals surface area contributed by atoms with Crippen molar-refractivity contribution in [2.45, 2.75) is 32.2 Å². The molecule has 2 saturated carbocycles. The molecule has 0 saturated heterocycles. The van der Waals surface area contributed by atoms with E-state index in [1.165, 1.54) is 37.8 Å². The van der Waals surface area contributed by atoms with Crippen LogP contribution in [0.3, 0.4) is 0 Å². The van der Waals surface area contributed by atoms with E-state index in [1.54, 1.807) is 0 Å². The van der Waals surface area contributed by atoms with E-state index < -0.39 is 0 Å². The van der Waals surface area contributed by atoms with E-state index in [1.807, 2.05) is 6.07 Å². The van der Waals surface area contributed by atoms with Crippen molar-refractivity contribution < 1.29 is 4.39 Å². The molecular weight excluding hydrogens is 293 g/mol. The summed E-state index contributed by atoms with van der Waals surface area (Å²) in [5.41, 5.74) is 1.14. The van der Waals surface area contributed by atoms with Gasteiger partial charge >= 0.3 is 0 Å². The van der Waals surface area contributed by atoms with Gasteiger partial charge in [0.1, 0.15) is 5.82 Å². The molecule has 1 aromatic carbocycles. The Labute approximate surface area is 116 Å². The molecular formula is C15H19BrFN. The van der Waals surface area contributed by atoms with Gasteiger partial charge in [0.15, 0.2) is 0 Å². The van der Waals surface area contributed by atoms with Crippen LogP contribution in [0.2, 0.25) is 0 Å². The van der Waals surface area contributed by atoms with Crippen molar-refractivity contribution in [3.8, 4) is 0 Å². The van der Waals surface area contributed by atoms with Crippen LogP contribution in [0.4, 0.5) is 4.39 Å². The molecule has 3 atom stereocenters. The Kier molecular flexibility index (Phi) is 3.71. The molecule has 3 heteroatoms. The zero-order valence-corrected chi connectivity index (χ0v) is 12.0. The van der Waals surface area contributed by atoms with Crippen LogP contribution in [0.1, 0.15) is 31.2 Å². The van der Waals surface area contributed by atoms with Crippen molar-refractivity contribution in [1.82, 2.24) is 5.32 Å². The molecule has 0 radical (unpaired) electrons. The van der Waals surface area contributed by atoms with E-state index in [9.17, 15) is 4.39 Å². The first kappa shape index (κ1) is 12.6. The Bertz CT molecular complexity index is 435. The summed E-state index contributed by atoms with van der Waals surface area (Å²) in [6, 6.07) is 4.92. The van der Waals surface area contributed by atoms with Crippen molar-refractivity contribution in [3.63, 3.8) is 0 Å². The molecule has 0 aliphatic heterocycles. The standard InChI is InChI=1S/C15H19BrFN/c16-15-7-14(17)4-3-12(15)8-18-9-13-6-10-1-2-11(13)5-10/h3-4,7,10-11,13,18H,1-2,5-6,8-9H2. The predicted octanol–water partition coefficient (Wildman–Crippen LogP) is 4.11. The molecule has 2 fully saturated rings. The zero-order valence-electron chi connectivity index (χ0n) is 10.5. The van der Waals surface area contributed by atoms with E-state index in [-0.39, 0.29) is 5.82 Å². The normalized spacial score (nSPS) is 30.0. The molecule has 3 unspecified atom stereocenters. The van der Waals surface area contributed by atoms with Crippen LogP contribution in [0.5, 0.6) is 0 Å². The minimum absolute atomic E-state index is 0.182. The highest BCUT2D eigenvalue weighted by molar-refractivity contribution is 9.10. The molecule has 2 aliphatic carbocycles. The van der Waals surface area contributed by atoms with Crippen LogP contribution in [0, 0.1) is 23.6 Å². The minimum Gasteiger partial charge on any atom is -0.312 e. The Hall–Kier alpha value is -0.410. The quantitative estimate of drug-likeness (QED) is 0.882. The second kappa shape index (κ2) is 5.30. The topological polar surface area (TPSA) is 12.0 Å². The van der Waals surface area contributed by atoms with E-state index in [4.69, 9.17) is 0 Å². The highest BCUT2D eigenvalue weighted by Gasteiger charge is 2.38. The van der Waals surface area contributed by atoms with Gasteiger partial charge in [-0.05, 0) is 61.3 Å². The summed E-state index contributed by atoms with van der Waals surface area (Å²) < 4.78 is 13.8. The molecule has 1 aromatic rings. The molecule has 1 N–H and O–H groups in total. The monoisotopic (exact) mass is 311 g/mol. The molecule has 0 heterocycles. The minimum atomic E-state index is -0.182. The fraction of sp³-hybridized carbons (Fsp3) is 0.600. The number of nitrogens with one attached hydrogen (secondary N) is 1. The molecule has 0 spiro atoms. The first-order valence-corrected chi connectivity index (χ1v) is 7.66. The lowest BCUT2D eigenvalue weighted by molar-refractivity contribution is 0.318. The Balaban J connectivity index is 1.50. The second-order valence-electron chi connectivity index (χ2n) is 5.80. The summed E-state index contributed by atoms with van der Waals surface area (Å²) in [4.78, 5) is 0. The van der Waals surface area contributed by atoms with E-state index in [2.05, 4.69) is 21.2 Å². The second-order valence-corrected chi connectivity index (χ2v) is 6.66. The molecule has 3 rings (SSSR count). The van der Waals surface area contributed by atoms with Crippen molar-refractivity contribution in [2.24, 2.45) is 17.8 Å². The SMILES string of the molecule is Fc1ccc(CNCC2CC3CCC2C3)c(Br)c1. The largest absolute Gasteiger partial charge is 0.312 e. The zero-order chi connectivity index (χ0) is 12.5. The van der Waals surface area contributed by atoms with Crippen LogP contribution in [-0.4, -0.2) is 6.54 Å². The fourth-order valence-electron chi connectivity index (χ4n) is 3.68. The van der Waals surface area contributed by atoms with Gasteiger partial charge in [-0.3, -0.25) is 0 Å². The molecule has 98 valence electrons. The molecule has 2 bridgehead atoms. The van der Waals surface area contributed by atoms with Gasteiger partial charge in [0.2, 0.25) is 0 Å². The summed E-state index contributed by atoms with van der Waals surface area (Å²) in [5.74, 6) is 2.68. The molecule has 1 nitrogen and oxygen atoms in total. The van der Waals surface area contributed by atoms with Crippen LogP contribution in [-0.2, 0) is 6.54 Å². The smallest absolute Gasteiger partial charge is 0.124 e. The summed E-state index contributed by atoms with van der Waals surface area (Å²) in [7, 11) is 0. The third kappa shape index (κ3) is 2.62. The van der Waals surface area contributed by atoms with Crippen molar-refractivity contribution in [1.29, 1.82) is 0 Å². The molecule has 2 aliphatic rings. The third-order valence-corrected chi connectivity index (χ3v) is 5.36. The third-order valence-electron chi connectivity index (χ3n) is 4.62. The first-order chi connectivity index (χ1) is 8.72. The number of fused-ring (bicyclic) bond motifs is 2. The number of hydrogen-bond donors (Lipinski definition) is 1. The predicted molar refractivity (Wildman–Crippen MR) is 74.7 cm³/mol. The summed E-state index contributed by atoms with van der Waals surface area (Å²) in [5, 5.41) is 3.54. The van der Waals surface area contributed by atoms with Crippen molar-refractivity contribution >= 4 is 15.9 Å². The summed E-state index contributed by atoms with van der Waals surface area (Å²) in [6.07, 6.45) is 5.79. The number of benzene rings is 1. The van der Waals surface area contributed by atoms with Gasteiger partial charge in [-0.1, -0.05) is 28.4 Å². The average Bonchev–Trinajstić information content (AvgIpc) is 2.94. The van der Waals surface area contributed by atoms with Crippen molar-refractivity contribution in [3.05, 3.63) is 34.1 Å². The van der Waals surface area contributed by atoms with Gasteiger partial charge in [0.05, 0.1) is 0 Å². The highest BCUT2D eigenvalue weighted by Crippen LogP contribution is 2.47. The molecule has 18 heavy (non-hydrogen) atoms. The average molecular weight is 312 g/mol. The maximum absolute atomic E-state index is 13.0. The first-order valence-electron chi connectivity index (χ1n) is 6.87. The highest BCUT2D eigenvalue weighted by atomic mass is 79.9. The fourth-order valence-corrected chi connectivity index (χ4v) is 4.17. The van der Waals surface area contributed by atoms with E-state index in [0.717, 1.165) is 40.9 Å². The maximum atomic E-state index is 13.0. The van der Waals surface area contributed by atoms with Crippen LogP contribution < -0.4 is 5.32 Å². The van der Waals surface area contributed by atoms with Crippen LogP contribution >= 0.6 is 15.9 Å². The Morgan fingerprint density at radius 1 is 1.28 bits per heavy atom. The Morgan fingerprint density at radius 2 is 2.17 bits per heavy atom. The Morgan fingerprint density at radius 3 is 2.83 bits per heavy atom. The number of rotatable bonds is 4. The van der Waals surface area contributed by atoms with Gasteiger partial charge in [0, 0.05) is 11.0 Å². The maximum Gasteiger partial charge on any atom is 0.124 e. The van der Waals surface area contributed by atoms with Crippen LogP contribution in [0.15, 0.2) is 22.7 Å². The molecule has 0 aromatic heterocycles. The van der Waals surface area contributed by atoms with E-state index in [0.29, 0.717) is 0 Å². The lowest BCUT2D eigenvalue weighted by Crippen LogP contribution is -2.26. The summed E-state index contributed by atoms with van der Waals surface area (Å²) >= 11 is 3.41. The van der Waals surface area contributed by atoms with Crippen molar-refractivity contribution in [2.75, 3.05) is 6.54 Å². The lowest BCUT2D eigenvalue weighted by Gasteiger charge is -2.22. The van der Waals surface area contributed by atoms with Gasteiger partial charge in [-0.2, -0.15) is 0 Å². The van der Waals surface area contributed by atoms with Gasteiger partial charge in [-0.15, -0.1) is 0 Å². The number of hydrogen-bond acceptors (Lipinski definition) is 1. The summed E-state index contributed by atoms with van der Waals surface area (Å²) in [6.45, 7) is 1.94. The molecule has 0 amide bonds. The lowest BCUT2D eigenvalue weighted by atomic mass is 9.89. The van der Waals surface area contributed by atoms with Gasteiger partial charge in [0.25, 0.3) is 0 Å². The van der Waals surface area contributed by atoms with Crippen LogP contribution in [0.25, 0.3) is 0 Å².